The maximum absolute atomic E-state index is 10.9. The molecule has 1 aromatic carbocycles. The van der Waals surface area contributed by atoms with Crippen LogP contribution in [0, 0.1) is 0 Å². The van der Waals surface area contributed by atoms with E-state index in [9.17, 15) is 4.79 Å². The maximum atomic E-state index is 10.9. The molecule has 1 aromatic heterocycles. The molecule has 1 aliphatic rings. The Morgan fingerprint density at radius 1 is 1.42 bits per heavy atom. The van der Waals surface area contributed by atoms with Crippen LogP contribution in [0.2, 0.25) is 0 Å². The minimum atomic E-state index is -1.03. The number of benzene rings is 1. The van der Waals surface area contributed by atoms with Gasteiger partial charge < -0.3 is 14.8 Å². The van der Waals surface area contributed by atoms with Crippen molar-refractivity contribution in [2.75, 3.05) is 0 Å². The Morgan fingerprint density at radius 3 is 2.84 bits per heavy atom. The molecule has 0 amide bonds. The molecule has 4 heteroatoms. The number of carbonyl (C=O) groups is 1. The van der Waals surface area contributed by atoms with Gasteiger partial charge >= 0.3 is 5.97 Å². The van der Waals surface area contributed by atoms with Gasteiger partial charge in [-0.05, 0) is 49.9 Å². The van der Waals surface area contributed by atoms with Crippen LogP contribution in [0.4, 0.5) is 0 Å². The second-order valence-corrected chi connectivity index (χ2v) is 5.56. The third kappa shape index (κ3) is 2.36. The van der Waals surface area contributed by atoms with Crippen molar-refractivity contribution in [3.63, 3.8) is 0 Å². The molecule has 2 N–H and O–H groups in total. The van der Waals surface area contributed by atoms with Gasteiger partial charge in [0.1, 0.15) is 5.58 Å². The minimum absolute atomic E-state index is 0.00827. The van der Waals surface area contributed by atoms with Gasteiger partial charge in [-0.1, -0.05) is 6.07 Å². The van der Waals surface area contributed by atoms with E-state index in [2.05, 4.69) is 12.2 Å². The largest absolute Gasteiger partial charge is 0.475 e. The van der Waals surface area contributed by atoms with Crippen LogP contribution < -0.4 is 5.32 Å². The average Bonchev–Trinajstić information content (AvgIpc) is 2.77. The van der Waals surface area contributed by atoms with Gasteiger partial charge in [0, 0.05) is 17.5 Å². The Hall–Kier alpha value is -1.81. The van der Waals surface area contributed by atoms with Crippen LogP contribution in [0.3, 0.4) is 0 Å². The Kier molecular flexibility index (Phi) is 2.82. The topological polar surface area (TPSA) is 62.5 Å². The number of furan rings is 1. The molecule has 4 nitrogen and oxygen atoms in total. The lowest BCUT2D eigenvalue weighted by Gasteiger charge is -2.39. The van der Waals surface area contributed by atoms with E-state index in [1.807, 2.05) is 18.2 Å². The number of carboxylic acids is 1. The Balaban J connectivity index is 1.79. The summed E-state index contributed by atoms with van der Waals surface area (Å²) in [6.07, 6.45) is 3.75. The first-order valence-electron chi connectivity index (χ1n) is 6.57. The summed E-state index contributed by atoms with van der Waals surface area (Å²) in [6, 6.07) is 7.38. The maximum Gasteiger partial charge on any atom is 0.371 e. The molecule has 0 atom stereocenters. The zero-order valence-electron chi connectivity index (χ0n) is 10.9. The van der Waals surface area contributed by atoms with Gasteiger partial charge in [0.15, 0.2) is 0 Å². The molecule has 100 valence electrons. The molecule has 0 aliphatic heterocycles. The van der Waals surface area contributed by atoms with Crippen molar-refractivity contribution < 1.29 is 14.3 Å². The van der Waals surface area contributed by atoms with Crippen LogP contribution in [0.5, 0.6) is 0 Å². The van der Waals surface area contributed by atoms with E-state index in [0.717, 1.165) is 17.5 Å². The highest BCUT2D eigenvalue weighted by molar-refractivity contribution is 5.91. The van der Waals surface area contributed by atoms with Crippen molar-refractivity contribution in [3.8, 4) is 0 Å². The lowest BCUT2D eigenvalue weighted by atomic mass is 9.78. The van der Waals surface area contributed by atoms with E-state index in [4.69, 9.17) is 9.52 Å². The monoisotopic (exact) mass is 259 g/mol. The third-order valence-electron chi connectivity index (χ3n) is 3.97. The molecule has 3 rings (SSSR count). The first-order chi connectivity index (χ1) is 9.06. The molecule has 2 aromatic rings. The lowest BCUT2D eigenvalue weighted by Crippen LogP contribution is -2.47. The van der Waals surface area contributed by atoms with E-state index in [1.165, 1.54) is 19.3 Å². The van der Waals surface area contributed by atoms with Crippen LogP contribution in [0.25, 0.3) is 11.0 Å². The molecule has 1 fully saturated rings. The highest BCUT2D eigenvalue weighted by Gasteiger charge is 2.30. The standard InChI is InChI=1S/C15H17NO3/c1-15(5-2-6-15)16-9-10-3-4-12-11(7-10)8-13(19-12)14(17)18/h3-4,7-8,16H,2,5-6,9H2,1H3,(H,17,18). The number of fused-ring (bicyclic) bond motifs is 1. The highest BCUT2D eigenvalue weighted by atomic mass is 16.4. The molecule has 0 radical (unpaired) electrons. The summed E-state index contributed by atoms with van der Waals surface area (Å²) in [7, 11) is 0. The zero-order valence-corrected chi connectivity index (χ0v) is 10.9. The van der Waals surface area contributed by atoms with Gasteiger partial charge in [-0.2, -0.15) is 0 Å². The van der Waals surface area contributed by atoms with Crippen LogP contribution in [0.15, 0.2) is 28.7 Å². The molecule has 1 saturated carbocycles. The molecule has 0 saturated heterocycles. The fourth-order valence-corrected chi connectivity index (χ4v) is 2.51. The summed E-state index contributed by atoms with van der Waals surface area (Å²) in [5, 5.41) is 13.3. The van der Waals surface area contributed by atoms with Gasteiger partial charge in [-0.15, -0.1) is 0 Å². The van der Waals surface area contributed by atoms with E-state index >= 15 is 0 Å². The van der Waals surface area contributed by atoms with Crippen LogP contribution in [-0.2, 0) is 6.54 Å². The molecular formula is C15H17NO3. The Morgan fingerprint density at radius 2 is 2.21 bits per heavy atom. The van der Waals surface area contributed by atoms with Crippen LogP contribution in [0.1, 0.15) is 42.3 Å². The minimum Gasteiger partial charge on any atom is -0.475 e. The Bertz CT molecular complexity index is 625. The first kappa shape index (κ1) is 12.2. The molecule has 19 heavy (non-hydrogen) atoms. The summed E-state index contributed by atoms with van der Waals surface area (Å²) >= 11 is 0. The van der Waals surface area contributed by atoms with E-state index in [1.54, 1.807) is 6.07 Å². The number of aromatic carboxylic acids is 1. The summed E-state index contributed by atoms with van der Waals surface area (Å²) in [6.45, 7) is 3.05. The van der Waals surface area contributed by atoms with Gasteiger partial charge in [0.25, 0.3) is 0 Å². The second-order valence-electron chi connectivity index (χ2n) is 5.56. The molecular weight excluding hydrogens is 242 g/mol. The zero-order chi connectivity index (χ0) is 13.5. The molecule has 1 heterocycles. The summed E-state index contributed by atoms with van der Waals surface area (Å²) in [4.78, 5) is 10.9. The third-order valence-corrected chi connectivity index (χ3v) is 3.97. The van der Waals surface area contributed by atoms with Crippen molar-refractivity contribution in [2.45, 2.75) is 38.3 Å². The molecule has 1 aliphatic carbocycles. The fourth-order valence-electron chi connectivity index (χ4n) is 2.51. The predicted octanol–water partition coefficient (Wildman–Crippen LogP) is 3.16. The van der Waals surface area contributed by atoms with Crippen molar-refractivity contribution >= 4 is 16.9 Å². The number of nitrogens with one attached hydrogen (secondary N) is 1. The Labute approximate surface area is 111 Å². The lowest BCUT2D eigenvalue weighted by molar-refractivity contribution is 0.0665. The van der Waals surface area contributed by atoms with E-state index in [-0.39, 0.29) is 11.3 Å². The molecule has 0 unspecified atom stereocenters. The highest BCUT2D eigenvalue weighted by Crippen LogP contribution is 2.31. The van der Waals surface area contributed by atoms with Crippen LogP contribution >= 0.6 is 0 Å². The van der Waals surface area contributed by atoms with Crippen LogP contribution in [-0.4, -0.2) is 16.6 Å². The smallest absolute Gasteiger partial charge is 0.371 e. The summed E-state index contributed by atoms with van der Waals surface area (Å²) < 4.78 is 5.24. The van der Waals surface area contributed by atoms with E-state index < -0.39 is 5.97 Å². The van der Waals surface area contributed by atoms with Crippen molar-refractivity contribution in [1.82, 2.24) is 5.32 Å². The van der Waals surface area contributed by atoms with Gasteiger partial charge in [-0.25, -0.2) is 4.79 Å². The van der Waals surface area contributed by atoms with Gasteiger partial charge in [0.2, 0.25) is 5.76 Å². The van der Waals surface area contributed by atoms with E-state index in [0.29, 0.717) is 5.58 Å². The van der Waals surface area contributed by atoms with Gasteiger partial charge in [-0.3, -0.25) is 0 Å². The number of hydrogen-bond donors (Lipinski definition) is 2. The molecule has 0 bridgehead atoms. The summed E-state index contributed by atoms with van der Waals surface area (Å²) in [5.41, 5.74) is 2.05. The van der Waals surface area contributed by atoms with Crippen molar-refractivity contribution in [3.05, 3.63) is 35.6 Å². The second kappa shape index (κ2) is 4.38. The average molecular weight is 259 g/mol. The van der Waals surface area contributed by atoms with Gasteiger partial charge in [0.05, 0.1) is 0 Å². The fraction of sp³-hybridized carbons (Fsp3) is 0.400. The molecule has 0 spiro atoms. The normalized spacial score (nSPS) is 17.3. The SMILES string of the molecule is CC1(NCc2ccc3oc(C(=O)O)cc3c2)CCC1. The predicted molar refractivity (Wildman–Crippen MR) is 72.3 cm³/mol. The van der Waals surface area contributed by atoms with Crippen molar-refractivity contribution in [2.24, 2.45) is 0 Å². The first-order valence-corrected chi connectivity index (χ1v) is 6.57. The number of carboxylic acid groups (broad SMARTS) is 1. The quantitative estimate of drug-likeness (QED) is 0.885. The number of hydrogen-bond acceptors (Lipinski definition) is 3. The summed E-state index contributed by atoms with van der Waals surface area (Å²) in [5.74, 6) is -1.04. The van der Waals surface area contributed by atoms with Crippen molar-refractivity contribution in [1.29, 1.82) is 0 Å². The number of rotatable bonds is 4.